The van der Waals surface area contributed by atoms with Gasteiger partial charge in [-0.3, -0.25) is 0 Å². The zero-order chi connectivity index (χ0) is 12.5. The minimum absolute atomic E-state index is 0.337. The van der Waals surface area contributed by atoms with Crippen LogP contribution in [0.1, 0.15) is 26.7 Å². The van der Waals surface area contributed by atoms with Crippen molar-refractivity contribution >= 4 is 5.97 Å². The van der Waals surface area contributed by atoms with Crippen molar-refractivity contribution in [3.05, 3.63) is 0 Å². The predicted octanol–water partition coefficient (Wildman–Crippen LogP) is -1.45. The van der Waals surface area contributed by atoms with Crippen molar-refractivity contribution in [3.8, 4) is 0 Å². The third-order valence-electron chi connectivity index (χ3n) is 2.60. The smallest absolute Gasteiger partial charge is 0.338 e. The highest BCUT2D eigenvalue weighted by Gasteiger charge is 2.49. The van der Waals surface area contributed by atoms with E-state index in [1.165, 1.54) is 0 Å². The average molecular weight is 234 g/mol. The first-order chi connectivity index (χ1) is 7.26. The highest BCUT2D eigenvalue weighted by molar-refractivity contribution is 5.79. The van der Waals surface area contributed by atoms with Gasteiger partial charge in [-0.15, -0.1) is 0 Å². The van der Waals surface area contributed by atoms with Crippen LogP contribution in [0.2, 0.25) is 0 Å². The van der Waals surface area contributed by atoms with Crippen molar-refractivity contribution in [2.24, 2.45) is 0 Å². The van der Waals surface area contributed by atoms with Crippen molar-refractivity contribution in [2.75, 3.05) is 0 Å². The number of carbonyl (C=O) groups excluding carboxylic acids is 1. The van der Waals surface area contributed by atoms with E-state index in [0.29, 0.717) is 0 Å². The summed E-state index contributed by atoms with van der Waals surface area (Å²) in [6.07, 6.45) is -5.08. The fraction of sp³-hybridized carbons (Fsp3) is 0.900. The second-order valence-electron chi connectivity index (χ2n) is 4.52. The molecule has 0 aromatic rings. The summed E-state index contributed by atoms with van der Waals surface area (Å²) in [5.74, 6) is -0.882. The van der Waals surface area contributed by atoms with Gasteiger partial charge < -0.3 is 25.2 Å². The van der Waals surface area contributed by atoms with Crippen LogP contribution in [0.25, 0.3) is 0 Å². The summed E-state index contributed by atoms with van der Waals surface area (Å²) in [4.78, 5) is 11.6. The lowest BCUT2D eigenvalue weighted by molar-refractivity contribution is -0.195. The molecule has 1 aliphatic rings. The van der Waals surface area contributed by atoms with Crippen molar-refractivity contribution in [1.29, 1.82) is 0 Å². The molecule has 94 valence electrons. The molecule has 4 N–H and O–H groups in total. The molecule has 1 aliphatic carbocycles. The Morgan fingerprint density at radius 2 is 1.69 bits per heavy atom. The van der Waals surface area contributed by atoms with Gasteiger partial charge in [0.1, 0.15) is 6.10 Å². The Kier molecular flexibility index (Phi) is 3.90. The highest BCUT2D eigenvalue weighted by Crippen LogP contribution is 2.30. The van der Waals surface area contributed by atoms with Crippen LogP contribution in [0, 0.1) is 0 Å². The molecule has 0 amide bonds. The van der Waals surface area contributed by atoms with E-state index in [-0.39, 0.29) is 12.8 Å². The molecule has 1 rings (SSSR count). The monoisotopic (exact) mass is 234 g/mol. The average Bonchev–Trinajstić information content (AvgIpc) is 2.13. The molecule has 6 heteroatoms. The van der Waals surface area contributed by atoms with E-state index in [9.17, 15) is 25.2 Å². The number of rotatable bonds is 2. The van der Waals surface area contributed by atoms with Crippen LogP contribution in [0.15, 0.2) is 0 Å². The maximum absolute atomic E-state index is 11.6. The molecule has 1 saturated carbocycles. The molecule has 2 atom stereocenters. The number of aliphatic hydroxyl groups is 4. The quantitative estimate of drug-likeness (QED) is 0.435. The van der Waals surface area contributed by atoms with E-state index in [1.54, 1.807) is 13.8 Å². The van der Waals surface area contributed by atoms with Crippen LogP contribution in [0.4, 0.5) is 0 Å². The maximum atomic E-state index is 11.6. The van der Waals surface area contributed by atoms with E-state index in [0.717, 1.165) is 0 Å². The summed E-state index contributed by atoms with van der Waals surface area (Å²) >= 11 is 0. The molecule has 16 heavy (non-hydrogen) atoms. The second kappa shape index (κ2) is 4.67. The highest BCUT2D eigenvalue weighted by atomic mass is 16.6. The molecule has 0 aromatic carbocycles. The van der Waals surface area contributed by atoms with E-state index in [2.05, 4.69) is 0 Å². The van der Waals surface area contributed by atoms with Gasteiger partial charge in [0, 0.05) is 12.8 Å². The summed E-state index contributed by atoms with van der Waals surface area (Å²) in [7, 11) is 0. The Hall–Kier alpha value is -0.690. The molecule has 6 nitrogen and oxygen atoms in total. The fourth-order valence-corrected chi connectivity index (χ4v) is 1.76. The van der Waals surface area contributed by atoms with E-state index < -0.39 is 36.0 Å². The van der Waals surface area contributed by atoms with Gasteiger partial charge >= 0.3 is 5.97 Å². The number of hydrogen-bond acceptors (Lipinski definition) is 6. The van der Waals surface area contributed by atoms with Crippen LogP contribution in [0.5, 0.6) is 0 Å². The number of ether oxygens (including phenoxy) is 1. The first-order valence-electron chi connectivity index (χ1n) is 5.24. The Bertz CT molecular complexity index is 252. The Labute approximate surface area is 93.5 Å². The minimum Gasteiger partial charge on any atom is -0.461 e. The van der Waals surface area contributed by atoms with Crippen LogP contribution >= 0.6 is 0 Å². The molecule has 0 unspecified atom stereocenters. The minimum atomic E-state index is -1.93. The lowest BCUT2D eigenvalue weighted by atomic mass is 9.79. The van der Waals surface area contributed by atoms with Crippen LogP contribution in [0.3, 0.4) is 0 Å². The van der Waals surface area contributed by atoms with E-state index >= 15 is 0 Å². The molecule has 0 spiro atoms. The molecule has 0 bridgehead atoms. The van der Waals surface area contributed by atoms with Gasteiger partial charge in [-0.2, -0.15) is 0 Å². The zero-order valence-electron chi connectivity index (χ0n) is 9.33. The third-order valence-corrected chi connectivity index (χ3v) is 2.60. The molecule has 0 radical (unpaired) electrons. The van der Waals surface area contributed by atoms with Crippen molar-refractivity contribution in [3.63, 3.8) is 0 Å². The Balaban J connectivity index is 2.74. The Morgan fingerprint density at radius 3 is 2.06 bits per heavy atom. The topological polar surface area (TPSA) is 107 Å². The summed E-state index contributed by atoms with van der Waals surface area (Å²) in [6, 6.07) is 0. The Morgan fingerprint density at radius 1 is 1.25 bits per heavy atom. The number of aliphatic hydroxyl groups excluding tert-OH is 3. The van der Waals surface area contributed by atoms with Gasteiger partial charge in [-0.25, -0.2) is 4.79 Å². The number of carbonyl (C=O) groups is 1. The standard InChI is InChI=1S/C10H18O6/c1-5(2)16-9(14)10(15)3-6(11)8(13)7(12)4-10/h5-8,11-13,15H,3-4H2,1-2H3/t6-,7-,8?,10?/m1/s1. The summed E-state index contributed by atoms with van der Waals surface area (Å²) in [6.45, 7) is 3.26. The molecular weight excluding hydrogens is 216 g/mol. The number of esters is 1. The van der Waals surface area contributed by atoms with Crippen LogP contribution in [-0.4, -0.2) is 56.4 Å². The van der Waals surface area contributed by atoms with Gasteiger partial charge in [-0.05, 0) is 13.8 Å². The van der Waals surface area contributed by atoms with Gasteiger partial charge in [0.2, 0.25) is 0 Å². The van der Waals surface area contributed by atoms with Crippen LogP contribution < -0.4 is 0 Å². The molecule has 0 heterocycles. The molecule has 0 aromatic heterocycles. The zero-order valence-corrected chi connectivity index (χ0v) is 9.33. The molecule has 1 fully saturated rings. The fourth-order valence-electron chi connectivity index (χ4n) is 1.76. The second-order valence-corrected chi connectivity index (χ2v) is 4.52. The lowest BCUT2D eigenvalue weighted by Crippen LogP contribution is -2.56. The summed E-state index contributed by atoms with van der Waals surface area (Å²) < 4.78 is 4.83. The largest absolute Gasteiger partial charge is 0.461 e. The van der Waals surface area contributed by atoms with E-state index in [4.69, 9.17) is 4.74 Å². The van der Waals surface area contributed by atoms with Crippen molar-refractivity contribution < 1.29 is 30.0 Å². The predicted molar refractivity (Wildman–Crippen MR) is 53.4 cm³/mol. The first-order valence-corrected chi connectivity index (χ1v) is 5.24. The first kappa shape index (κ1) is 13.4. The van der Waals surface area contributed by atoms with Crippen LogP contribution in [-0.2, 0) is 9.53 Å². The van der Waals surface area contributed by atoms with Gasteiger partial charge in [0.15, 0.2) is 5.60 Å². The van der Waals surface area contributed by atoms with Gasteiger partial charge in [0.25, 0.3) is 0 Å². The third kappa shape index (κ3) is 2.70. The molecule has 0 aliphatic heterocycles. The SMILES string of the molecule is CC(C)OC(=O)C1(O)C[C@@H](O)C(O)[C@H](O)C1. The maximum Gasteiger partial charge on any atom is 0.338 e. The summed E-state index contributed by atoms with van der Waals surface area (Å²) in [5, 5.41) is 38.0. The van der Waals surface area contributed by atoms with Gasteiger partial charge in [-0.1, -0.05) is 0 Å². The lowest BCUT2D eigenvalue weighted by Gasteiger charge is -2.38. The van der Waals surface area contributed by atoms with Gasteiger partial charge in [0.05, 0.1) is 18.3 Å². The molecular formula is C10H18O6. The van der Waals surface area contributed by atoms with Crippen molar-refractivity contribution in [1.82, 2.24) is 0 Å². The summed E-state index contributed by atoms with van der Waals surface area (Å²) in [5.41, 5.74) is -1.93. The number of hydrogen-bond donors (Lipinski definition) is 4. The van der Waals surface area contributed by atoms with E-state index in [1.807, 2.05) is 0 Å². The normalized spacial score (nSPS) is 39.8. The van der Waals surface area contributed by atoms with Crippen molar-refractivity contribution in [2.45, 2.75) is 56.7 Å². The molecule has 0 saturated heterocycles.